The summed E-state index contributed by atoms with van der Waals surface area (Å²) < 4.78 is 0. The fraction of sp³-hybridized carbons (Fsp3) is 0.875. The molecule has 0 amide bonds. The number of carbonyl (C=O) groups is 1. The molecule has 10 heavy (non-hydrogen) atoms. The lowest BCUT2D eigenvalue weighted by Gasteiger charge is -1.94. The zero-order chi connectivity index (χ0) is 7.11. The lowest BCUT2D eigenvalue weighted by atomic mass is 10.1. The van der Waals surface area contributed by atoms with Crippen molar-refractivity contribution in [1.29, 1.82) is 0 Å². The first-order chi connectivity index (χ1) is 4.31. The molecule has 0 rings (SSSR count). The van der Waals surface area contributed by atoms with E-state index in [1.165, 1.54) is 0 Å². The van der Waals surface area contributed by atoms with Gasteiger partial charge < -0.3 is 0 Å². The Hall–Kier alpha value is -0.0400. The third-order valence-corrected chi connectivity index (χ3v) is 1.34. The van der Waals surface area contributed by atoms with Crippen LogP contribution in [0, 0.1) is 0 Å². The molecule has 1 nitrogen and oxygen atoms in total. The maximum atomic E-state index is 10.8. The molecule has 0 saturated heterocycles. The first-order valence-corrected chi connectivity index (χ1v) is 3.83. The summed E-state index contributed by atoms with van der Waals surface area (Å²) in [6.45, 7) is 4.16. The van der Waals surface area contributed by atoms with E-state index in [1.807, 2.05) is 6.92 Å². The molecule has 0 heterocycles. The van der Waals surface area contributed by atoms with Gasteiger partial charge in [-0.05, 0) is 12.8 Å². The van der Waals surface area contributed by atoms with Crippen molar-refractivity contribution in [3.63, 3.8) is 0 Å². The van der Waals surface area contributed by atoms with Crippen LogP contribution in [-0.4, -0.2) is 5.78 Å². The first-order valence-electron chi connectivity index (χ1n) is 3.83. The smallest absolute Gasteiger partial charge is 0.132 e. The van der Waals surface area contributed by atoms with Crippen molar-refractivity contribution in [1.82, 2.24) is 0 Å². The predicted molar refractivity (Wildman–Crippen MR) is 46.7 cm³/mol. The van der Waals surface area contributed by atoms with E-state index in [-0.39, 0.29) is 12.4 Å². The maximum Gasteiger partial charge on any atom is 0.132 e. The summed E-state index contributed by atoms with van der Waals surface area (Å²) in [6.07, 6.45) is 4.78. The number of halogens is 1. The molecule has 0 N–H and O–H groups in total. The van der Waals surface area contributed by atoms with Crippen molar-refractivity contribution in [2.24, 2.45) is 0 Å². The highest BCUT2D eigenvalue weighted by Gasteiger charge is 1.96. The van der Waals surface area contributed by atoms with E-state index in [4.69, 9.17) is 0 Å². The first kappa shape index (κ1) is 12.6. The quantitative estimate of drug-likeness (QED) is 0.611. The predicted octanol–water partition coefficient (Wildman–Crippen LogP) is 2.97. The minimum absolute atomic E-state index is 0. The van der Waals surface area contributed by atoms with Crippen molar-refractivity contribution in [2.75, 3.05) is 0 Å². The molecule has 0 saturated carbocycles. The van der Waals surface area contributed by atoms with E-state index < -0.39 is 0 Å². The standard InChI is InChI=1S/C8H16O.ClH/c1-3-5-7-8(9)6-4-2;/h3-7H2,1-2H3;1H. The van der Waals surface area contributed by atoms with Gasteiger partial charge in [-0.15, -0.1) is 12.4 Å². The fourth-order valence-electron chi connectivity index (χ4n) is 0.778. The molecule has 0 spiro atoms. The molecule has 0 unspecified atom stereocenters. The highest BCUT2D eigenvalue weighted by atomic mass is 35.5. The molecular weight excluding hydrogens is 148 g/mol. The number of hydrogen-bond donors (Lipinski definition) is 0. The molecule has 0 aromatic heterocycles. The van der Waals surface area contributed by atoms with Gasteiger partial charge in [-0.2, -0.15) is 0 Å². The van der Waals surface area contributed by atoms with Crippen LogP contribution in [0.1, 0.15) is 46.0 Å². The Bertz CT molecular complexity index is 81.3. The van der Waals surface area contributed by atoms with E-state index in [0.717, 1.165) is 32.1 Å². The van der Waals surface area contributed by atoms with Gasteiger partial charge in [0.15, 0.2) is 0 Å². The van der Waals surface area contributed by atoms with Crippen molar-refractivity contribution in [3.8, 4) is 0 Å². The van der Waals surface area contributed by atoms with Gasteiger partial charge in [0.25, 0.3) is 0 Å². The number of carbonyl (C=O) groups excluding carboxylic acids is 1. The Morgan fingerprint density at radius 3 is 2.10 bits per heavy atom. The van der Waals surface area contributed by atoms with Gasteiger partial charge in [0.2, 0.25) is 0 Å². The largest absolute Gasteiger partial charge is 0.300 e. The Morgan fingerprint density at radius 2 is 1.70 bits per heavy atom. The highest BCUT2D eigenvalue weighted by Crippen LogP contribution is 1.99. The molecule has 0 radical (unpaired) electrons. The van der Waals surface area contributed by atoms with E-state index in [9.17, 15) is 4.79 Å². The fourth-order valence-corrected chi connectivity index (χ4v) is 0.778. The zero-order valence-electron chi connectivity index (χ0n) is 6.85. The average molecular weight is 165 g/mol. The van der Waals surface area contributed by atoms with Crippen LogP contribution in [0.4, 0.5) is 0 Å². The number of Topliss-reactive ketones (excluding diaryl/α,β-unsaturated/α-hetero) is 1. The topological polar surface area (TPSA) is 17.1 Å². The van der Waals surface area contributed by atoms with Crippen LogP contribution in [0.3, 0.4) is 0 Å². The van der Waals surface area contributed by atoms with Gasteiger partial charge in [0.05, 0.1) is 0 Å². The summed E-state index contributed by atoms with van der Waals surface area (Å²) in [5, 5.41) is 0. The highest BCUT2D eigenvalue weighted by molar-refractivity contribution is 5.85. The van der Waals surface area contributed by atoms with Crippen LogP contribution in [0.15, 0.2) is 0 Å². The molecule has 0 aliphatic heterocycles. The lowest BCUT2D eigenvalue weighted by molar-refractivity contribution is -0.119. The molecule has 0 fully saturated rings. The van der Waals surface area contributed by atoms with Gasteiger partial charge in [-0.3, -0.25) is 4.79 Å². The van der Waals surface area contributed by atoms with Gasteiger partial charge in [0.1, 0.15) is 5.78 Å². The molecule has 62 valence electrons. The minimum atomic E-state index is 0. The summed E-state index contributed by atoms with van der Waals surface area (Å²) in [5.41, 5.74) is 0. The second-order valence-electron chi connectivity index (χ2n) is 2.39. The number of ketones is 1. The maximum absolute atomic E-state index is 10.8. The molecule has 0 aliphatic carbocycles. The Kier molecular flexibility index (Phi) is 11.3. The average Bonchev–Trinajstić information content (AvgIpc) is 1.85. The monoisotopic (exact) mass is 164 g/mol. The summed E-state index contributed by atoms with van der Waals surface area (Å²) in [6, 6.07) is 0. The van der Waals surface area contributed by atoms with Crippen molar-refractivity contribution in [3.05, 3.63) is 0 Å². The summed E-state index contributed by atoms with van der Waals surface area (Å²) >= 11 is 0. The molecular formula is C8H17ClO. The second kappa shape index (κ2) is 8.96. The molecule has 2 heteroatoms. The zero-order valence-corrected chi connectivity index (χ0v) is 7.67. The minimum Gasteiger partial charge on any atom is -0.300 e. The van der Waals surface area contributed by atoms with Gasteiger partial charge in [0, 0.05) is 12.8 Å². The Balaban J connectivity index is 0. The van der Waals surface area contributed by atoms with E-state index >= 15 is 0 Å². The van der Waals surface area contributed by atoms with E-state index in [0.29, 0.717) is 5.78 Å². The Labute approximate surface area is 69.6 Å². The lowest BCUT2D eigenvalue weighted by Crippen LogP contribution is -1.95. The van der Waals surface area contributed by atoms with Crippen LogP contribution in [0.25, 0.3) is 0 Å². The van der Waals surface area contributed by atoms with Gasteiger partial charge >= 0.3 is 0 Å². The van der Waals surface area contributed by atoms with E-state index in [1.54, 1.807) is 0 Å². The summed E-state index contributed by atoms with van der Waals surface area (Å²) in [7, 11) is 0. The molecule has 0 aromatic rings. The summed E-state index contributed by atoms with van der Waals surface area (Å²) in [5.74, 6) is 0.430. The third-order valence-electron chi connectivity index (χ3n) is 1.34. The van der Waals surface area contributed by atoms with Crippen LogP contribution in [-0.2, 0) is 4.79 Å². The van der Waals surface area contributed by atoms with Crippen LogP contribution in [0.2, 0.25) is 0 Å². The van der Waals surface area contributed by atoms with Crippen LogP contribution in [0.5, 0.6) is 0 Å². The van der Waals surface area contributed by atoms with Crippen molar-refractivity contribution in [2.45, 2.75) is 46.0 Å². The Morgan fingerprint density at radius 1 is 1.10 bits per heavy atom. The molecule has 0 aromatic carbocycles. The SMILES string of the molecule is CCCCC(=O)CCC.Cl. The summed E-state index contributed by atoms with van der Waals surface area (Å²) in [4.78, 5) is 10.8. The van der Waals surface area contributed by atoms with Crippen LogP contribution < -0.4 is 0 Å². The van der Waals surface area contributed by atoms with Gasteiger partial charge in [-0.1, -0.05) is 20.3 Å². The van der Waals surface area contributed by atoms with Crippen LogP contribution >= 0.6 is 12.4 Å². The molecule has 0 atom stereocenters. The number of hydrogen-bond acceptors (Lipinski definition) is 1. The van der Waals surface area contributed by atoms with E-state index in [2.05, 4.69) is 6.92 Å². The van der Waals surface area contributed by atoms with Gasteiger partial charge in [-0.25, -0.2) is 0 Å². The van der Waals surface area contributed by atoms with Crippen molar-refractivity contribution < 1.29 is 4.79 Å². The molecule has 0 bridgehead atoms. The third kappa shape index (κ3) is 7.96. The molecule has 0 aliphatic rings. The second-order valence-corrected chi connectivity index (χ2v) is 2.39. The number of unbranched alkanes of at least 4 members (excludes halogenated alkanes) is 1. The van der Waals surface area contributed by atoms with Crippen molar-refractivity contribution >= 4 is 18.2 Å². The normalized spacial score (nSPS) is 8.60. The number of rotatable bonds is 5.